The monoisotopic (exact) mass is 301 g/mol. The zero-order valence-electron chi connectivity index (χ0n) is 13.2. The van der Waals surface area contributed by atoms with Crippen molar-refractivity contribution in [3.63, 3.8) is 0 Å². The summed E-state index contributed by atoms with van der Waals surface area (Å²) in [6, 6.07) is -0.682. The quantitative estimate of drug-likeness (QED) is 0.673. The molecule has 21 heavy (non-hydrogen) atoms. The summed E-state index contributed by atoms with van der Waals surface area (Å²) in [6.45, 7) is 6.60. The van der Waals surface area contributed by atoms with Crippen molar-refractivity contribution in [3.8, 4) is 0 Å². The molecule has 7 heteroatoms. The number of nitrogens with one attached hydrogen (secondary N) is 1. The maximum absolute atomic E-state index is 12.0. The van der Waals surface area contributed by atoms with Gasteiger partial charge in [-0.3, -0.25) is 0 Å². The minimum atomic E-state index is -1.02. The molecule has 1 aliphatic rings. The minimum absolute atomic E-state index is 0.0575. The Balaban J connectivity index is 2.25. The molecular weight excluding hydrogens is 274 g/mol. The Hall–Kier alpha value is -1.34. The average molecular weight is 301 g/mol. The smallest absolute Gasteiger partial charge is 0.328 e. The summed E-state index contributed by atoms with van der Waals surface area (Å²) in [5, 5.41) is 11.9. The number of hydrogen-bond acceptors (Lipinski definition) is 4. The van der Waals surface area contributed by atoms with E-state index in [1.54, 1.807) is 0 Å². The van der Waals surface area contributed by atoms with E-state index in [0.29, 0.717) is 25.7 Å². The molecule has 2 amide bonds. The van der Waals surface area contributed by atoms with Gasteiger partial charge in [0.05, 0.1) is 13.2 Å². The van der Waals surface area contributed by atoms with Crippen LogP contribution in [0.4, 0.5) is 4.79 Å². The fourth-order valence-corrected chi connectivity index (χ4v) is 2.09. The number of morpholine rings is 1. The van der Waals surface area contributed by atoms with E-state index in [1.807, 2.05) is 0 Å². The fourth-order valence-electron chi connectivity index (χ4n) is 2.09. The van der Waals surface area contributed by atoms with Crippen molar-refractivity contribution in [2.24, 2.45) is 0 Å². The van der Waals surface area contributed by atoms with Crippen LogP contribution in [-0.4, -0.2) is 78.9 Å². The minimum Gasteiger partial charge on any atom is -0.480 e. The molecule has 7 nitrogen and oxygen atoms in total. The Morgan fingerprint density at radius 1 is 1.43 bits per heavy atom. The lowest BCUT2D eigenvalue weighted by molar-refractivity contribution is -0.147. The van der Waals surface area contributed by atoms with Crippen molar-refractivity contribution in [2.45, 2.75) is 38.8 Å². The fraction of sp³-hybridized carbons (Fsp3) is 0.857. The molecule has 0 aromatic heterocycles. The van der Waals surface area contributed by atoms with E-state index in [-0.39, 0.29) is 12.6 Å². The molecule has 122 valence electrons. The highest BCUT2D eigenvalue weighted by molar-refractivity contribution is 5.82. The SMILES string of the molecule is CC(C)N(C)CCCCNC(=O)N1CCOCC1C(=O)O. The number of aliphatic carboxylic acids is 1. The second-order valence-electron chi connectivity index (χ2n) is 5.64. The van der Waals surface area contributed by atoms with Crippen LogP contribution < -0.4 is 5.32 Å². The van der Waals surface area contributed by atoms with Crippen LogP contribution in [0.1, 0.15) is 26.7 Å². The van der Waals surface area contributed by atoms with Crippen molar-refractivity contribution < 1.29 is 19.4 Å². The Morgan fingerprint density at radius 2 is 2.14 bits per heavy atom. The zero-order chi connectivity index (χ0) is 15.8. The van der Waals surface area contributed by atoms with E-state index >= 15 is 0 Å². The Kier molecular flexibility index (Phi) is 7.45. The maximum atomic E-state index is 12.0. The Morgan fingerprint density at radius 3 is 2.76 bits per heavy atom. The van der Waals surface area contributed by atoms with E-state index in [2.05, 4.69) is 31.1 Å². The van der Waals surface area contributed by atoms with Crippen molar-refractivity contribution in [2.75, 3.05) is 39.9 Å². The van der Waals surface area contributed by atoms with E-state index < -0.39 is 12.0 Å². The number of nitrogens with zero attached hydrogens (tertiary/aromatic N) is 2. The molecule has 2 N–H and O–H groups in total. The van der Waals surface area contributed by atoms with E-state index in [4.69, 9.17) is 9.84 Å². The molecule has 1 aliphatic heterocycles. The van der Waals surface area contributed by atoms with Gasteiger partial charge in [0.15, 0.2) is 6.04 Å². The topological polar surface area (TPSA) is 82.1 Å². The highest BCUT2D eigenvalue weighted by Gasteiger charge is 2.32. The molecule has 0 aliphatic carbocycles. The lowest BCUT2D eigenvalue weighted by atomic mass is 10.2. The van der Waals surface area contributed by atoms with Crippen LogP contribution in [0.2, 0.25) is 0 Å². The van der Waals surface area contributed by atoms with Gasteiger partial charge in [0.2, 0.25) is 0 Å². The molecule has 0 aromatic rings. The average Bonchev–Trinajstić information content (AvgIpc) is 2.46. The van der Waals surface area contributed by atoms with Gasteiger partial charge in [-0.25, -0.2) is 9.59 Å². The van der Waals surface area contributed by atoms with Gasteiger partial charge >= 0.3 is 12.0 Å². The zero-order valence-corrected chi connectivity index (χ0v) is 13.2. The van der Waals surface area contributed by atoms with Crippen molar-refractivity contribution >= 4 is 12.0 Å². The third-order valence-electron chi connectivity index (χ3n) is 3.77. The number of hydrogen-bond donors (Lipinski definition) is 2. The number of carbonyl (C=O) groups is 2. The predicted octanol–water partition coefficient (Wildman–Crippen LogP) is 0.602. The first kappa shape index (κ1) is 17.7. The summed E-state index contributed by atoms with van der Waals surface area (Å²) >= 11 is 0. The summed E-state index contributed by atoms with van der Waals surface area (Å²) < 4.78 is 5.11. The molecule has 1 fully saturated rings. The van der Waals surface area contributed by atoms with Crippen LogP contribution in [0.5, 0.6) is 0 Å². The Bertz CT molecular complexity index is 349. The first-order valence-corrected chi connectivity index (χ1v) is 7.48. The number of carboxylic acid groups (broad SMARTS) is 1. The van der Waals surface area contributed by atoms with Crippen LogP contribution in [-0.2, 0) is 9.53 Å². The van der Waals surface area contributed by atoms with Gasteiger partial charge in [-0.2, -0.15) is 0 Å². The number of amides is 2. The van der Waals surface area contributed by atoms with E-state index in [1.165, 1.54) is 4.90 Å². The van der Waals surface area contributed by atoms with Crippen LogP contribution in [0.25, 0.3) is 0 Å². The standard InChI is InChI=1S/C14H27N3O4/c1-11(2)16(3)7-5-4-6-15-14(20)17-8-9-21-10-12(17)13(18)19/h11-12H,4-10H2,1-3H3,(H,15,20)(H,18,19). The largest absolute Gasteiger partial charge is 0.480 e. The van der Waals surface area contributed by atoms with Gasteiger partial charge in [0, 0.05) is 19.1 Å². The second kappa shape index (κ2) is 8.84. The molecule has 1 rings (SSSR count). The molecule has 0 aromatic carbocycles. The molecule has 1 saturated heterocycles. The summed E-state index contributed by atoms with van der Waals surface area (Å²) in [6.07, 6.45) is 1.88. The molecule has 0 spiro atoms. The van der Waals surface area contributed by atoms with Crippen molar-refractivity contribution in [1.82, 2.24) is 15.1 Å². The van der Waals surface area contributed by atoms with Crippen LogP contribution in [0.3, 0.4) is 0 Å². The Labute approximate surface area is 126 Å². The molecule has 1 heterocycles. The van der Waals surface area contributed by atoms with Gasteiger partial charge in [0.1, 0.15) is 0 Å². The van der Waals surface area contributed by atoms with Crippen LogP contribution in [0, 0.1) is 0 Å². The van der Waals surface area contributed by atoms with Gasteiger partial charge in [-0.15, -0.1) is 0 Å². The van der Waals surface area contributed by atoms with Gasteiger partial charge in [0.25, 0.3) is 0 Å². The number of urea groups is 1. The summed E-state index contributed by atoms with van der Waals surface area (Å²) in [5.74, 6) is -1.02. The first-order valence-electron chi connectivity index (χ1n) is 7.48. The van der Waals surface area contributed by atoms with Crippen LogP contribution in [0.15, 0.2) is 0 Å². The van der Waals surface area contributed by atoms with Crippen molar-refractivity contribution in [1.29, 1.82) is 0 Å². The molecule has 1 atom stereocenters. The van der Waals surface area contributed by atoms with Gasteiger partial charge in [-0.1, -0.05) is 0 Å². The third kappa shape index (κ3) is 5.89. The number of carboxylic acids is 1. The number of unbranched alkanes of at least 4 members (excludes halogenated alkanes) is 1. The second-order valence-corrected chi connectivity index (χ2v) is 5.64. The number of ether oxygens (including phenoxy) is 1. The maximum Gasteiger partial charge on any atom is 0.328 e. The molecule has 1 unspecified atom stereocenters. The first-order chi connectivity index (χ1) is 9.93. The number of carbonyl (C=O) groups excluding carboxylic acids is 1. The molecular formula is C14H27N3O4. The normalized spacial score (nSPS) is 19.1. The third-order valence-corrected chi connectivity index (χ3v) is 3.77. The van der Waals surface area contributed by atoms with Crippen molar-refractivity contribution in [3.05, 3.63) is 0 Å². The van der Waals surface area contributed by atoms with Gasteiger partial charge in [-0.05, 0) is 40.3 Å². The lowest BCUT2D eigenvalue weighted by Crippen LogP contribution is -2.55. The summed E-state index contributed by atoms with van der Waals surface area (Å²) in [5.41, 5.74) is 0. The molecule has 0 bridgehead atoms. The number of rotatable bonds is 7. The lowest BCUT2D eigenvalue weighted by Gasteiger charge is -2.32. The van der Waals surface area contributed by atoms with E-state index in [9.17, 15) is 9.59 Å². The predicted molar refractivity (Wildman–Crippen MR) is 79.3 cm³/mol. The highest BCUT2D eigenvalue weighted by atomic mass is 16.5. The summed E-state index contributed by atoms with van der Waals surface area (Å²) in [4.78, 5) is 26.7. The molecule has 0 saturated carbocycles. The summed E-state index contributed by atoms with van der Waals surface area (Å²) in [7, 11) is 2.08. The van der Waals surface area contributed by atoms with Gasteiger partial charge < -0.3 is 25.0 Å². The highest BCUT2D eigenvalue weighted by Crippen LogP contribution is 2.07. The molecule has 0 radical (unpaired) electrons. The van der Waals surface area contributed by atoms with Crippen LogP contribution >= 0.6 is 0 Å². The van der Waals surface area contributed by atoms with E-state index in [0.717, 1.165) is 19.4 Å².